The number of nitrogens with zero attached hydrogens (tertiary/aromatic N) is 2. The largest absolute Gasteiger partial charge is 0.495 e. The maximum Gasteiger partial charge on any atom is 0.264 e. The van der Waals surface area contributed by atoms with E-state index in [1.54, 1.807) is 48.5 Å². The minimum Gasteiger partial charge on any atom is -0.495 e. The molecule has 1 aliphatic rings. The van der Waals surface area contributed by atoms with Crippen LogP contribution in [0.15, 0.2) is 101 Å². The van der Waals surface area contributed by atoms with Gasteiger partial charge >= 0.3 is 0 Å². The van der Waals surface area contributed by atoms with Crippen molar-refractivity contribution in [1.82, 2.24) is 0 Å². The molecule has 0 unspecified atom stereocenters. The van der Waals surface area contributed by atoms with Gasteiger partial charge in [-0.25, -0.2) is 16.8 Å². The Morgan fingerprint density at radius 1 is 0.911 bits per heavy atom. The number of carbonyl (C=O) groups is 1. The Bertz CT molecular complexity index is 1940. The van der Waals surface area contributed by atoms with Gasteiger partial charge in [0.05, 0.1) is 29.1 Å². The summed E-state index contributed by atoms with van der Waals surface area (Å²) >= 11 is 0. The zero-order valence-corrected chi connectivity index (χ0v) is 27.2. The number of fused-ring (bicyclic) bond motifs is 1. The highest BCUT2D eigenvalue weighted by atomic mass is 32.2. The zero-order valence-electron chi connectivity index (χ0n) is 25.5. The number of para-hydroxylation sites is 3. The lowest BCUT2D eigenvalue weighted by molar-refractivity contribution is 0.102. The second-order valence-corrected chi connectivity index (χ2v) is 14.1. The highest BCUT2D eigenvalue weighted by molar-refractivity contribution is 7.93. The van der Waals surface area contributed by atoms with E-state index in [0.717, 1.165) is 5.56 Å². The van der Waals surface area contributed by atoms with Gasteiger partial charge in [0.1, 0.15) is 10.6 Å². The molecule has 4 aromatic carbocycles. The monoisotopic (exact) mass is 648 g/mol. The molecule has 1 atom stereocenters. The smallest absolute Gasteiger partial charge is 0.264 e. The molecule has 0 bridgehead atoms. The summed E-state index contributed by atoms with van der Waals surface area (Å²) in [4.78, 5) is 15.3. The first kappa shape index (κ1) is 31.9. The van der Waals surface area contributed by atoms with Crippen molar-refractivity contribution in [1.29, 1.82) is 0 Å². The average molecular weight is 649 g/mol. The van der Waals surface area contributed by atoms with Crippen molar-refractivity contribution in [2.45, 2.75) is 43.0 Å². The van der Waals surface area contributed by atoms with E-state index in [9.17, 15) is 21.6 Å². The molecule has 1 heterocycles. The summed E-state index contributed by atoms with van der Waals surface area (Å²) in [5.41, 5.74) is 2.65. The van der Waals surface area contributed by atoms with E-state index in [1.165, 1.54) is 41.7 Å². The summed E-state index contributed by atoms with van der Waals surface area (Å²) in [6.45, 7) is 6.81. The van der Waals surface area contributed by atoms with Crippen molar-refractivity contribution in [3.8, 4) is 5.75 Å². The Kier molecular flexibility index (Phi) is 9.08. The number of hydrogen-bond acceptors (Lipinski definition) is 7. The summed E-state index contributed by atoms with van der Waals surface area (Å²) in [5.74, 6) is -0.227. The van der Waals surface area contributed by atoms with Crippen LogP contribution < -0.4 is 24.0 Å². The van der Waals surface area contributed by atoms with E-state index in [-0.39, 0.29) is 32.8 Å². The van der Waals surface area contributed by atoms with E-state index in [4.69, 9.17) is 4.74 Å². The average Bonchev–Trinajstić information content (AvgIpc) is 3.38. The third-order valence-electron chi connectivity index (χ3n) is 7.76. The highest BCUT2D eigenvalue weighted by Gasteiger charge is 2.36. The Morgan fingerprint density at radius 2 is 1.62 bits per heavy atom. The molecule has 0 fully saturated rings. The van der Waals surface area contributed by atoms with Crippen LogP contribution in [0, 0.1) is 0 Å². The SMILES string of the molecule is CCN(CC)c1ccc(NC(=O)c2cccc(S(=O)(=O)N3c4ccccc4C[C@@H]3C)c2)cc1S(=O)(=O)Nc1ccccc1OC. The fraction of sp³-hybridized carbons (Fsp3) is 0.242. The third-order valence-corrected chi connectivity index (χ3v) is 11.1. The highest BCUT2D eigenvalue weighted by Crippen LogP contribution is 2.37. The molecule has 2 N–H and O–H groups in total. The molecule has 45 heavy (non-hydrogen) atoms. The van der Waals surface area contributed by atoms with Crippen LogP contribution in [0.25, 0.3) is 0 Å². The standard InChI is InChI=1S/C33H36N4O6S2/c1-5-36(6-2)30-19-18-26(22-32(30)44(39,40)35-28-15-8-10-17-31(28)43-4)34-33(38)25-13-11-14-27(21-25)45(41,42)37-23(3)20-24-12-7-9-16-29(24)37/h7-19,21-23,35H,5-6,20H2,1-4H3,(H,34,38)/t23-/m0/s1. The van der Waals surface area contributed by atoms with E-state index >= 15 is 0 Å². The first-order valence-electron chi connectivity index (χ1n) is 14.6. The molecular weight excluding hydrogens is 613 g/mol. The maximum atomic E-state index is 13.8. The second-order valence-electron chi connectivity index (χ2n) is 10.6. The Morgan fingerprint density at radius 3 is 2.36 bits per heavy atom. The molecule has 1 amide bonds. The third kappa shape index (κ3) is 6.34. The molecule has 0 saturated carbocycles. The van der Waals surface area contributed by atoms with Crippen LogP contribution in [0.5, 0.6) is 5.75 Å². The molecule has 236 valence electrons. The Hall–Kier alpha value is -4.55. The minimum atomic E-state index is -4.14. The number of sulfonamides is 2. The lowest BCUT2D eigenvalue weighted by atomic mass is 10.1. The maximum absolute atomic E-state index is 13.8. The molecule has 0 aromatic heterocycles. The van der Waals surface area contributed by atoms with Gasteiger partial charge in [-0.15, -0.1) is 0 Å². The van der Waals surface area contributed by atoms with Crippen molar-refractivity contribution in [3.63, 3.8) is 0 Å². The van der Waals surface area contributed by atoms with E-state index in [2.05, 4.69) is 10.0 Å². The van der Waals surface area contributed by atoms with Crippen molar-refractivity contribution in [2.24, 2.45) is 0 Å². The number of nitrogens with one attached hydrogen (secondary N) is 2. The molecule has 0 radical (unpaired) electrons. The van der Waals surface area contributed by atoms with Gasteiger partial charge in [0.15, 0.2) is 0 Å². The Balaban J connectivity index is 1.46. The Labute approximate surface area is 264 Å². The molecular formula is C33H36N4O6S2. The molecule has 12 heteroatoms. The van der Waals surface area contributed by atoms with Crippen LogP contribution >= 0.6 is 0 Å². The molecule has 10 nitrogen and oxygen atoms in total. The number of anilines is 4. The summed E-state index contributed by atoms with van der Waals surface area (Å²) < 4.78 is 64.3. The predicted molar refractivity (Wildman–Crippen MR) is 177 cm³/mol. The lowest BCUT2D eigenvalue weighted by Gasteiger charge is -2.25. The van der Waals surface area contributed by atoms with Crippen LogP contribution in [0.1, 0.15) is 36.7 Å². The number of ether oxygens (including phenoxy) is 1. The number of benzene rings is 4. The fourth-order valence-corrected chi connectivity index (χ4v) is 8.64. The van der Waals surface area contributed by atoms with Crippen LogP contribution in [-0.4, -0.2) is 49.0 Å². The quantitative estimate of drug-likeness (QED) is 0.213. The summed E-state index contributed by atoms with van der Waals surface area (Å²) in [6.07, 6.45) is 0.593. The van der Waals surface area contributed by atoms with Crippen LogP contribution in [0.2, 0.25) is 0 Å². The number of methoxy groups -OCH3 is 1. The van der Waals surface area contributed by atoms with Crippen LogP contribution in [0.4, 0.5) is 22.7 Å². The normalized spacial score (nSPS) is 14.5. The van der Waals surface area contributed by atoms with Crippen LogP contribution in [0.3, 0.4) is 0 Å². The minimum absolute atomic E-state index is 0.0140. The van der Waals surface area contributed by atoms with Crippen molar-refractivity contribution < 1.29 is 26.4 Å². The number of hydrogen-bond donors (Lipinski definition) is 2. The summed E-state index contributed by atoms with van der Waals surface area (Å²) in [5, 5.41) is 2.75. The van der Waals surface area contributed by atoms with Gasteiger partial charge in [-0.2, -0.15) is 0 Å². The molecule has 0 spiro atoms. The number of amides is 1. The van der Waals surface area contributed by atoms with Gasteiger partial charge in [0.2, 0.25) is 0 Å². The fourth-order valence-electron chi connectivity index (χ4n) is 5.58. The van der Waals surface area contributed by atoms with E-state index in [1.807, 2.05) is 37.8 Å². The molecule has 1 aliphatic heterocycles. The van der Waals surface area contributed by atoms with Crippen molar-refractivity contribution in [2.75, 3.05) is 39.4 Å². The second kappa shape index (κ2) is 12.8. The number of rotatable bonds is 11. The van der Waals surface area contributed by atoms with Crippen LogP contribution in [-0.2, 0) is 26.5 Å². The van der Waals surface area contributed by atoms with Gasteiger partial charge in [-0.3, -0.25) is 13.8 Å². The van der Waals surface area contributed by atoms with Crippen molar-refractivity contribution >= 4 is 48.7 Å². The van der Waals surface area contributed by atoms with E-state index in [0.29, 0.717) is 36.6 Å². The molecule has 4 aromatic rings. The van der Waals surface area contributed by atoms with E-state index < -0.39 is 26.0 Å². The van der Waals surface area contributed by atoms with Gasteiger partial charge in [-0.1, -0.05) is 36.4 Å². The van der Waals surface area contributed by atoms with Gasteiger partial charge in [0.25, 0.3) is 26.0 Å². The summed E-state index contributed by atoms with van der Waals surface area (Å²) in [6, 6.07) is 24.3. The predicted octanol–water partition coefficient (Wildman–Crippen LogP) is 5.73. The molecule has 0 saturated heterocycles. The zero-order chi connectivity index (χ0) is 32.4. The lowest BCUT2D eigenvalue weighted by Crippen LogP contribution is -2.35. The first-order valence-corrected chi connectivity index (χ1v) is 17.5. The van der Waals surface area contributed by atoms with Gasteiger partial charge in [0, 0.05) is 30.4 Å². The molecule has 5 rings (SSSR count). The summed E-state index contributed by atoms with van der Waals surface area (Å²) in [7, 11) is -6.65. The topological polar surface area (TPSA) is 125 Å². The van der Waals surface area contributed by atoms with Crippen molar-refractivity contribution in [3.05, 3.63) is 102 Å². The van der Waals surface area contributed by atoms with Gasteiger partial charge < -0.3 is 15.0 Å². The molecule has 0 aliphatic carbocycles. The van der Waals surface area contributed by atoms with Gasteiger partial charge in [-0.05, 0) is 87.4 Å². The number of carbonyl (C=O) groups excluding carboxylic acids is 1. The first-order chi connectivity index (χ1) is 21.5.